The van der Waals surface area contributed by atoms with E-state index in [1.165, 1.54) is 4.41 Å². The van der Waals surface area contributed by atoms with Crippen LogP contribution in [0.3, 0.4) is 0 Å². The summed E-state index contributed by atoms with van der Waals surface area (Å²) in [6, 6.07) is 20.9. The topological polar surface area (TPSA) is 68.2 Å². The molecule has 0 fully saturated rings. The lowest BCUT2D eigenvalue weighted by molar-refractivity contribution is 0.348. The standard InChI is InChI=1S/C23H21BrN2O4S/c1-29-22-13-10-17(14-23(22)30-2)21-15-20(16-8-11-18(24)12-9-16)25-26(21)31(27,28)19-6-4-3-5-7-19/h3-14,21H,15H2,1-2H3/t21-/m0/s1. The average Bonchev–Trinajstić information content (AvgIpc) is 3.26. The summed E-state index contributed by atoms with van der Waals surface area (Å²) >= 11 is 3.43. The number of ether oxygens (including phenoxy) is 2. The molecule has 4 rings (SSSR count). The van der Waals surface area contributed by atoms with E-state index < -0.39 is 16.1 Å². The van der Waals surface area contributed by atoms with Gasteiger partial charge in [-0.3, -0.25) is 0 Å². The number of halogens is 1. The zero-order chi connectivity index (χ0) is 22.0. The summed E-state index contributed by atoms with van der Waals surface area (Å²) in [6.07, 6.45) is 0.434. The molecule has 0 aliphatic carbocycles. The number of nitrogens with zero attached hydrogens (tertiary/aromatic N) is 2. The van der Waals surface area contributed by atoms with E-state index >= 15 is 0 Å². The van der Waals surface area contributed by atoms with Gasteiger partial charge in [-0.25, -0.2) is 0 Å². The Labute approximate surface area is 190 Å². The number of hydrogen-bond acceptors (Lipinski definition) is 5. The van der Waals surface area contributed by atoms with Crippen LogP contribution in [-0.4, -0.2) is 32.8 Å². The summed E-state index contributed by atoms with van der Waals surface area (Å²) in [5.74, 6) is 1.12. The summed E-state index contributed by atoms with van der Waals surface area (Å²) in [4.78, 5) is 0.196. The van der Waals surface area contributed by atoms with E-state index in [2.05, 4.69) is 21.0 Å². The molecule has 0 saturated carbocycles. The molecule has 0 unspecified atom stereocenters. The summed E-state index contributed by atoms with van der Waals surface area (Å²) in [7, 11) is -0.738. The predicted molar refractivity (Wildman–Crippen MR) is 123 cm³/mol. The monoisotopic (exact) mass is 500 g/mol. The molecule has 1 heterocycles. The Morgan fingerprint density at radius 3 is 2.26 bits per heavy atom. The van der Waals surface area contributed by atoms with Crippen molar-refractivity contribution in [2.45, 2.75) is 17.4 Å². The lowest BCUT2D eigenvalue weighted by Crippen LogP contribution is -2.27. The van der Waals surface area contributed by atoms with Crippen LogP contribution in [0.1, 0.15) is 23.6 Å². The lowest BCUT2D eigenvalue weighted by Gasteiger charge is -2.24. The summed E-state index contributed by atoms with van der Waals surface area (Å²) in [5.41, 5.74) is 2.35. The minimum atomic E-state index is -3.86. The van der Waals surface area contributed by atoms with Crippen LogP contribution in [0, 0.1) is 0 Å². The van der Waals surface area contributed by atoms with Crippen LogP contribution in [-0.2, 0) is 10.0 Å². The van der Waals surface area contributed by atoms with Gasteiger partial charge in [-0.15, -0.1) is 0 Å². The quantitative estimate of drug-likeness (QED) is 0.477. The Bertz CT molecular complexity index is 1210. The molecule has 0 spiro atoms. The highest BCUT2D eigenvalue weighted by atomic mass is 79.9. The molecule has 0 N–H and O–H groups in total. The molecular weight excluding hydrogens is 480 g/mol. The molecule has 0 saturated heterocycles. The van der Waals surface area contributed by atoms with Crippen LogP contribution in [0.2, 0.25) is 0 Å². The first-order chi connectivity index (χ1) is 14.9. The molecular formula is C23H21BrN2O4S. The molecule has 0 amide bonds. The number of hydrogen-bond donors (Lipinski definition) is 0. The van der Waals surface area contributed by atoms with Gasteiger partial charge in [0.15, 0.2) is 11.5 Å². The molecule has 1 atom stereocenters. The van der Waals surface area contributed by atoms with Gasteiger partial charge in [-0.2, -0.15) is 17.9 Å². The molecule has 0 bridgehead atoms. The van der Waals surface area contributed by atoms with E-state index in [0.717, 1.165) is 15.6 Å². The number of hydrazone groups is 1. The molecule has 3 aromatic rings. The zero-order valence-corrected chi connectivity index (χ0v) is 19.4. The first-order valence-electron chi connectivity index (χ1n) is 9.59. The largest absolute Gasteiger partial charge is 0.493 e. The van der Waals surface area contributed by atoms with Crippen molar-refractivity contribution in [3.05, 3.63) is 88.4 Å². The Morgan fingerprint density at radius 1 is 0.935 bits per heavy atom. The van der Waals surface area contributed by atoms with Crippen LogP contribution >= 0.6 is 15.9 Å². The van der Waals surface area contributed by atoms with Gasteiger partial charge in [0.05, 0.1) is 30.9 Å². The minimum Gasteiger partial charge on any atom is -0.493 e. The van der Waals surface area contributed by atoms with E-state index in [-0.39, 0.29) is 4.90 Å². The molecule has 1 aliphatic rings. The van der Waals surface area contributed by atoms with Crippen molar-refractivity contribution in [1.29, 1.82) is 0 Å². The fourth-order valence-electron chi connectivity index (χ4n) is 3.54. The van der Waals surface area contributed by atoms with E-state index in [9.17, 15) is 8.42 Å². The molecule has 8 heteroatoms. The molecule has 0 aromatic heterocycles. The predicted octanol–water partition coefficient (Wildman–Crippen LogP) is 5.01. The molecule has 0 radical (unpaired) electrons. The highest BCUT2D eigenvalue weighted by Crippen LogP contribution is 2.40. The normalized spacial score (nSPS) is 16.2. The first kappa shape index (κ1) is 21.4. The van der Waals surface area contributed by atoms with E-state index in [0.29, 0.717) is 23.6 Å². The summed E-state index contributed by atoms with van der Waals surface area (Å²) in [5, 5.41) is 4.57. The minimum absolute atomic E-state index is 0.196. The Balaban J connectivity index is 1.81. The van der Waals surface area contributed by atoms with Crippen LogP contribution in [0.25, 0.3) is 0 Å². The second-order valence-corrected chi connectivity index (χ2v) is 9.69. The zero-order valence-electron chi connectivity index (χ0n) is 17.0. The molecule has 6 nitrogen and oxygen atoms in total. The van der Waals surface area contributed by atoms with E-state index in [1.54, 1.807) is 56.7 Å². The molecule has 31 heavy (non-hydrogen) atoms. The first-order valence-corrected chi connectivity index (χ1v) is 11.8. The van der Waals surface area contributed by atoms with Gasteiger partial charge in [0, 0.05) is 10.9 Å². The highest BCUT2D eigenvalue weighted by Gasteiger charge is 2.38. The number of methoxy groups -OCH3 is 2. The SMILES string of the molecule is COc1ccc([C@@H]2CC(c3ccc(Br)cc3)=NN2S(=O)(=O)c2ccccc2)cc1OC. The second kappa shape index (κ2) is 8.72. The van der Waals surface area contributed by atoms with Gasteiger partial charge >= 0.3 is 0 Å². The van der Waals surface area contributed by atoms with Crippen LogP contribution in [0.5, 0.6) is 11.5 Å². The number of sulfonamides is 1. The Hall–Kier alpha value is -2.84. The van der Waals surface area contributed by atoms with Crippen molar-refractivity contribution in [2.24, 2.45) is 5.10 Å². The smallest absolute Gasteiger partial charge is 0.279 e. The van der Waals surface area contributed by atoms with Crippen molar-refractivity contribution in [1.82, 2.24) is 4.41 Å². The van der Waals surface area contributed by atoms with Gasteiger partial charge in [0.25, 0.3) is 10.0 Å². The molecule has 3 aromatic carbocycles. The third kappa shape index (κ3) is 4.18. The van der Waals surface area contributed by atoms with E-state index in [1.807, 2.05) is 30.3 Å². The molecule has 160 valence electrons. The number of rotatable bonds is 6. The van der Waals surface area contributed by atoms with Gasteiger partial charge in [-0.05, 0) is 47.5 Å². The van der Waals surface area contributed by atoms with Crippen molar-refractivity contribution in [3.63, 3.8) is 0 Å². The lowest BCUT2D eigenvalue weighted by atomic mass is 9.99. The third-order valence-electron chi connectivity index (χ3n) is 5.13. The van der Waals surface area contributed by atoms with Crippen LogP contribution in [0.4, 0.5) is 0 Å². The fourth-order valence-corrected chi connectivity index (χ4v) is 5.25. The fraction of sp³-hybridized carbons (Fsp3) is 0.174. The maximum absolute atomic E-state index is 13.5. The highest BCUT2D eigenvalue weighted by molar-refractivity contribution is 9.10. The van der Waals surface area contributed by atoms with Crippen molar-refractivity contribution < 1.29 is 17.9 Å². The third-order valence-corrected chi connectivity index (χ3v) is 7.35. The summed E-state index contributed by atoms with van der Waals surface area (Å²) in [6.45, 7) is 0. The average molecular weight is 501 g/mol. The molecule has 1 aliphatic heterocycles. The maximum Gasteiger partial charge on any atom is 0.279 e. The van der Waals surface area contributed by atoms with Gasteiger partial charge in [0.2, 0.25) is 0 Å². The van der Waals surface area contributed by atoms with Crippen molar-refractivity contribution in [2.75, 3.05) is 14.2 Å². The number of benzene rings is 3. The van der Waals surface area contributed by atoms with Crippen LogP contribution < -0.4 is 9.47 Å². The maximum atomic E-state index is 13.5. The summed E-state index contributed by atoms with van der Waals surface area (Å²) < 4.78 is 39.9. The Kier molecular flexibility index (Phi) is 6.02. The van der Waals surface area contributed by atoms with Gasteiger partial charge < -0.3 is 9.47 Å². The van der Waals surface area contributed by atoms with Gasteiger partial charge in [0.1, 0.15) is 0 Å². The Morgan fingerprint density at radius 2 is 1.61 bits per heavy atom. The van der Waals surface area contributed by atoms with E-state index in [4.69, 9.17) is 9.47 Å². The van der Waals surface area contributed by atoms with Crippen molar-refractivity contribution >= 4 is 31.7 Å². The van der Waals surface area contributed by atoms with Crippen molar-refractivity contribution in [3.8, 4) is 11.5 Å². The second-order valence-electron chi connectivity index (χ2n) is 6.98. The van der Waals surface area contributed by atoms with Crippen LogP contribution in [0.15, 0.2) is 87.3 Å². The van der Waals surface area contributed by atoms with Gasteiger partial charge in [-0.1, -0.05) is 52.3 Å².